The van der Waals surface area contributed by atoms with Crippen LogP contribution in [0.5, 0.6) is 0 Å². The van der Waals surface area contributed by atoms with Crippen LogP contribution in [0, 0.1) is 5.92 Å². The van der Waals surface area contributed by atoms with E-state index in [2.05, 4.69) is 24.1 Å². The van der Waals surface area contributed by atoms with Gasteiger partial charge in [-0.15, -0.1) is 0 Å². The van der Waals surface area contributed by atoms with Crippen LogP contribution in [0.1, 0.15) is 70.8 Å². The average molecular weight is 660 g/mol. The highest BCUT2D eigenvalue weighted by Gasteiger charge is 2.58. The van der Waals surface area contributed by atoms with E-state index >= 15 is 0 Å². The normalized spacial score (nSPS) is 33.0. The molecule has 6 aliphatic rings. The van der Waals surface area contributed by atoms with Crippen molar-refractivity contribution in [1.29, 1.82) is 0 Å². The average Bonchev–Trinajstić information content (AvgIpc) is 3.85. The number of halogens is 1. The van der Waals surface area contributed by atoms with Crippen molar-refractivity contribution in [2.75, 3.05) is 13.1 Å². The molecule has 4 fully saturated rings. The fourth-order valence-corrected chi connectivity index (χ4v) is 9.22. The maximum absolute atomic E-state index is 14.7. The molecule has 1 aromatic carbocycles. The van der Waals surface area contributed by atoms with E-state index in [0.717, 1.165) is 25.7 Å². The molecule has 4 saturated heterocycles. The summed E-state index contributed by atoms with van der Waals surface area (Å²) in [6.45, 7) is 4.19. The quantitative estimate of drug-likeness (QED) is 0.354. The number of fused-ring (bicyclic) bond motifs is 3. The van der Waals surface area contributed by atoms with Gasteiger partial charge in [0, 0.05) is 43.4 Å². The van der Waals surface area contributed by atoms with Gasteiger partial charge in [0.2, 0.25) is 17.7 Å². The van der Waals surface area contributed by atoms with Crippen molar-refractivity contribution in [3.63, 3.8) is 0 Å². The number of hydrogen-bond acceptors (Lipinski definition) is 5. The second kappa shape index (κ2) is 12.3. The highest BCUT2D eigenvalue weighted by Crippen LogP contribution is 2.43. The first-order chi connectivity index (χ1) is 22.6. The molecule has 11 heteroatoms. The molecule has 0 radical (unpaired) electrons. The second-order valence-electron chi connectivity index (χ2n) is 13.8. The molecular weight excluding hydrogens is 618 g/mol. The maximum atomic E-state index is 14.7. The molecule has 5 amide bonds. The van der Waals surface area contributed by atoms with Crippen molar-refractivity contribution in [2.24, 2.45) is 10.9 Å². The number of amides is 5. The van der Waals surface area contributed by atoms with E-state index in [1.165, 1.54) is 11.8 Å². The SMILES string of the molecule is CC[C@@H]1CC[C@@H]2C=C[C@H]3CCN(C(=O)[C@@H]4CC[C@H]5C=C[C@]6(CCCN6C(=O)C(Cc6ccccc6Cl)=NC(C)=O)C(=O)N54)[C@@H]3C(=O)N12. The number of carbonyl (C=O) groups is 5. The molecule has 7 rings (SSSR count). The van der Waals surface area contributed by atoms with Gasteiger partial charge in [0.1, 0.15) is 23.3 Å². The van der Waals surface area contributed by atoms with Crippen LogP contribution in [-0.2, 0) is 30.4 Å². The van der Waals surface area contributed by atoms with E-state index in [4.69, 9.17) is 11.6 Å². The smallest absolute Gasteiger partial charge is 0.269 e. The van der Waals surface area contributed by atoms with Crippen molar-refractivity contribution >= 4 is 46.8 Å². The van der Waals surface area contributed by atoms with Crippen molar-refractivity contribution in [3.05, 3.63) is 59.2 Å². The summed E-state index contributed by atoms with van der Waals surface area (Å²) in [6, 6.07) is 5.83. The molecule has 248 valence electrons. The van der Waals surface area contributed by atoms with Crippen LogP contribution in [0.2, 0.25) is 5.02 Å². The third-order valence-electron chi connectivity index (χ3n) is 11.3. The third kappa shape index (κ3) is 5.23. The van der Waals surface area contributed by atoms with Crippen molar-refractivity contribution in [3.8, 4) is 0 Å². The lowest BCUT2D eigenvalue weighted by atomic mass is 9.88. The van der Waals surface area contributed by atoms with E-state index < -0.39 is 29.4 Å². The lowest BCUT2D eigenvalue weighted by molar-refractivity contribution is -0.155. The van der Waals surface area contributed by atoms with Gasteiger partial charge < -0.3 is 19.6 Å². The van der Waals surface area contributed by atoms with Crippen LogP contribution in [-0.4, -0.2) is 104 Å². The molecule has 6 aliphatic heterocycles. The molecule has 0 saturated carbocycles. The Hall–Kier alpha value is -3.79. The number of benzene rings is 1. The Morgan fingerprint density at radius 3 is 2.49 bits per heavy atom. The minimum Gasteiger partial charge on any atom is -0.331 e. The Bertz CT molecular complexity index is 1610. The van der Waals surface area contributed by atoms with Gasteiger partial charge in [0.05, 0.1) is 12.1 Å². The third-order valence-corrected chi connectivity index (χ3v) is 11.6. The van der Waals surface area contributed by atoms with E-state index in [1.807, 2.05) is 17.1 Å². The predicted octanol–water partition coefficient (Wildman–Crippen LogP) is 3.72. The molecule has 1 spiro atoms. The van der Waals surface area contributed by atoms with Gasteiger partial charge in [-0.1, -0.05) is 61.0 Å². The number of carbonyl (C=O) groups excluding carboxylic acids is 5. The number of aliphatic imine (C=N–C) groups is 1. The summed E-state index contributed by atoms with van der Waals surface area (Å²) >= 11 is 6.40. The summed E-state index contributed by atoms with van der Waals surface area (Å²) in [5.74, 6) is -1.46. The maximum Gasteiger partial charge on any atom is 0.269 e. The minimum atomic E-state index is -1.28. The fourth-order valence-electron chi connectivity index (χ4n) is 9.02. The molecular formula is C36H42ClN5O5. The van der Waals surface area contributed by atoms with Gasteiger partial charge >= 0.3 is 0 Å². The largest absolute Gasteiger partial charge is 0.331 e. The number of hydrogen-bond donors (Lipinski definition) is 0. The van der Waals surface area contributed by atoms with Crippen molar-refractivity contribution in [1.82, 2.24) is 19.6 Å². The predicted molar refractivity (Wildman–Crippen MR) is 176 cm³/mol. The lowest BCUT2D eigenvalue weighted by Crippen LogP contribution is -2.64. The monoisotopic (exact) mass is 659 g/mol. The molecule has 0 aliphatic carbocycles. The first kappa shape index (κ1) is 31.8. The topological polar surface area (TPSA) is 111 Å². The van der Waals surface area contributed by atoms with Crippen molar-refractivity contribution < 1.29 is 24.0 Å². The number of rotatable bonds is 5. The first-order valence-corrected chi connectivity index (χ1v) is 17.5. The van der Waals surface area contributed by atoms with Crippen molar-refractivity contribution in [2.45, 2.75) is 107 Å². The summed E-state index contributed by atoms with van der Waals surface area (Å²) in [4.78, 5) is 80.6. The molecule has 0 bridgehead atoms. The zero-order valence-electron chi connectivity index (χ0n) is 27.0. The second-order valence-corrected chi connectivity index (χ2v) is 14.2. The summed E-state index contributed by atoms with van der Waals surface area (Å²) in [6.07, 6.45) is 13.8. The van der Waals surface area contributed by atoms with E-state index in [0.29, 0.717) is 49.4 Å². The molecule has 1 aromatic rings. The van der Waals surface area contributed by atoms with Gasteiger partial charge in [-0.2, -0.15) is 0 Å². The molecule has 47 heavy (non-hydrogen) atoms. The number of nitrogens with zero attached hydrogens (tertiary/aromatic N) is 5. The van der Waals surface area contributed by atoms with Gasteiger partial charge in [-0.25, -0.2) is 4.99 Å². The van der Waals surface area contributed by atoms with Crippen LogP contribution < -0.4 is 0 Å². The minimum absolute atomic E-state index is 0.0258. The Balaban J connectivity index is 1.15. The van der Waals surface area contributed by atoms with E-state index in [9.17, 15) is 24.0 Å². The van der Waals surface area contributed by atoms with Crippen LogP contribution in [0.4, 0.5) is 0 Å². The molecule has 7 atom stereocenters. The molecule has 0 N–H and O–H groups in total. The standard InChI is InChI=1S/C36H42ClN5O5/c1-3-25-11-12-26-10-9-23-16-20-39(31(23)34(46)41(25)26)33(45)30-14-13-27-15-18-36(35(47)42(27)30)17-6-19-40(36)32(44)29(38-22(2)43)21-24-7-4-5-8-28(24)37/h4-5,7-10,15,18,23,25-27,30-31H,3,6,11-14,16-17,19-21H2,1-2H3/t23-,25+,26-,27-,30-,31-,36+/m0/s1. The first-order valence-electron chi connectivity index (χ1n) is 17.1. The number of likely N-dealkylation sites (tertiary alicyclic amines) is 2. The summed E-state index contributed by atoms with van der Waals surface area (Å²) in [5.41, 5.74) is -0.596. The van der Waals surface area contributed by atoms with E-state index in [1.54, 1.807) is 34.1 Å². The van der Waals surface area contributed by atoms with E-state index in [-0.39, 0.29) is 53.9 Å². The van der Waals surface area contributed by atoms with Crippen LogP contribution in [0.15, 0.2) is 53.6 Å². The molecule has 0 aromatic heterocycles. The van der Waals surface area contributed by atoms with Crippen LogP contribution >= 0.6 is 11.6 Å². The highest BCUT2D eigenvalue weighted by atomic mass is 35.5. The molecule has 6 heterocycles. The summed E-state index contributed by atoms with van der Waals surface area (Å²) in [5, 5.41) is 0.458. The Labute approximate surface area is 280 Å². The highest BCUT2D eigenvalue weighted by molar-refractivity contribution is 6.42. The van der Waals surface area contributed by atoms with Crippen LogP contribution in [0.3, 0.4) is 0 Å². The molecule has 0 unspecified atom stereocenters. The summed E-state index contributed by atoms with van der Waals surface area (Å²) in [7, 11) is 0. The van der Waals surface area contributed by atoms with Crippen LogP contribution in [0.25, 0.3) is 0 Å². The Kier molecular flexibility index (Phi) is 8.35. The Morgan fingerprint density at radius 1 is 0.957 bits per heavy atom. The van der Waals surface area contributed by atoms with Gasteiger partial charge in [-0.3, -0.25) is 24.0 Å². The molecule has 10 nitrogen and oxygen atoms in total. The fraction of sp³-hybridized carbons (Fsp3) is 0.556. The zero-order valence-corrected chi connectivity index (χ0v) is 27.8. The van der Waals surface area contributed by atoms with Gasteiger partial charge in [-0.05, 0) is 63.0 Å². The Morgan fingerprint density at radius 2 is 1.72 bits per heavy atom. The summed E-state index contributed by atoms with van der Waals surface area (Å²) < 4.78 is 0. The van der Waals surface area contributed by atoms with Gasteiger partial charge in [0.15, 0.2) is 0 Å². The zero-order chi connectivity index (χ0) is 33.0. The lowest BCUT2D eigenvalue weighted by Gasteiger charge is -2.44. The van der Waals surface area contributed by atoms with Gasteiger partial charge in [0.25, 0.3) is 11.8 Å².